The highest BCUT2D eigenvalue weighted by Gasteiger charge is 2.50. The predicted molar refractivity (Wildman–Crippen MR) is 83.0 cm³/mol. The van der Waals surface area contributed by atoms with E-state index in [4.69, 9.17) is 4.74 Å². The highest BCUT2D eigenvalue weighted by molar-refractivity contribution is 9.10. The number of nitro groups is 1. The fraction of sp³-hybridized carbons (Fsp3) is 0.500. The molecule has 0 spiro atoms. The van der Waals surface area contributed by atoms with Crippen molar-refractivity contribution >= 4 is 22.0 Å². The van der Waals surface area contributed by atoms with Gasteiger partial charge in [0, 0.05) is 15.0 Å². The Labute approximate surface area is 144 Å². The van der Waals surface area contributed by atoms with Crippen LogP contribution in [0.4, 0.5) is 18.0 Å². The zero-order valence-corrected chi connectivity index (χ0v) is 14.7. The first-order valence-corrected chi connectivity index (χ1v) is 7.53. The van der Waals surface area contributed by atoms with E-state index in [1.807, 2.05) is 0 Å². The van der Waals surface area contributed by atoms with Crippen LogP contribution < -0.4 is 5.32 Å². The van der Waals surface area contributed by atoms with Gasteiger partial charge in [-0.2, -0.15) is 0 Å². The van der Waals surface area contributed by atoms with Crippen LogP contribution in [-0.2, 0) is 10.3 Å². The molecule has 0 heterocycles. The summed E-state index contributed by atoms with van der Waals surface area (Å²) in [4.78, 5) is 21.8. The highest BCUT2D eigenvalue weighted by Crippen LogP contribution is 2.33. The summed E-state index contributed by atoms with van der Waals surface area (Å²) in [6.07, 6.45) is -4.77. The number of benzene rings is 1. The number of ether oxygens (including phenoxy) is 1. The van der Waals surface area contributed by atoms with Gasteiger partial charge >= 0.3 is 6.09 Å². The number of rotatable bonds is 5. The molecule has 1 atom stereocenters. The topological polar surface area (TPSA) is 81.5 Å². The van der Waals surface area contributed by atoms with Gasteiger partial charge in [0.05, 0.1) is 0 Å². The maximum absolute atomic E-state index is 14.1. The molecule has 0 fully saturated rings. The normalized spacial score (nSPS) is 14.2. The number of hydrogen-bond acceptors (Lipinski definition) is 4. The first-order chi connectivity index (χ1) is 10.9. The number of alkyl carbamates (subject to hydrolysis) is 1. The van der Waals surface area contributed by atoms with Crippen molar-refractivity contribution in [3.63, 3.8) is 0 Å². The number of halogens is 4. The molecule has 24 heavy (non-hydrogen) atoms. The predicted octanol–water partition coefficient (Wildman–Crippen LogP) is 3.85. The number of nitrogens with one attached hydrogen (secondary N) is 1. The summed E-state index contributed by atoms with van der Waals surface area (Å²) in [7, 11) is 0. The first-order valence-electron chi connectivity index (χ1n) is 6.74. The van der Waals surface area contributed by atoms with Gasteiger partial charge in [-0.25, -0.2) is 18.0 Å². The molecule has 134 valence electrons. The number of carbonyl (C=O) groups is 1. The first kappa shape index (κ1) is 20.2. The molecule has 0 bridgehead atoms. The number of amides is 1. The Hall–Kier alpha value is -1.84. The maximum Gasteiger partial charge on any atom is 0.408 e. The highest BCUT2D eigenvalue weighted by atomic mass is 79.9. The van der Waals surface area contributed by atoms with Gasteiger partial charge in [0.25, 0.3) is 6.43 Å². The quantitative estimate of drug-likeness (QED) is 0.588. The van der Waals surface area contributed by atoms with Crippen LogP contribution in [0.2, 0.25) is 0 Å². The van der Waals surface area contributed by atoms with Gasteiger partial charge in [0.1, 0.15) is 11.4 Å². The van der Waals surface area contributed by atoms with E-state index >= 15 is 0 Å². The Bertz CT molecular complexity index is 637. The Morgan fingerprint density at radius 1 is 1.42 bits per heavy atom. The summed E-state index contributed by atoms with van der Waals surface area (Å²) in [6, 6.07) is 3.07. The Morgan fingerprint density at radius 3 is 2.46 bits per heavy atom. The number of carbonyl (C=O) groups excluding carboxylic acids is 1. The second kappa shape index (κ2) is 7.37. The molecular formula is C14H16BrF3N2O4. The molecule has 6 nitrogen and oxygen atoms in total. The van der Waals surface area contributed by atoms with Crippen molar-refractivity contribution in [1.82, 2.24) is 5.32 Å². The van der Waals surface area contributed by atoms with E-state index < -0.39 is 46.5 Å². The fourth-order valence-corrected chi connectivity index (χ4v) is 2.32. The second-order valence-electron chi connectivity index (χ2n) is 6.01. The fourth-order valence-electron chi connectivity index (χ4n) is 1.96. The van der Waals surface area contributed by atoms with Crippen LogP contribution in [0.3, 0.4) is 0 Å². The monoisotopic (exact) mass is 412 g/mol. The third-order valence-corrected chi connectivity index (χ3v) is 3.38. The average molecular weight is 413 g/mol. The molecule has 0 aliphatic carbocycles. The standard InChI is InChI=1S/C14H16BrF3N2O4/c1-13(2,3)24-12(21)19-14(11(17)18,7-20(22)23)9-6-8(15)4-5-10(9)16/h4-6,11H,7H2,1-3H3,(H,19,21). The van der Waals surface area contributed by atoms with Gasteiger partial charge < -0.3 is 10.1 Å². The Balaban J connectivity index is 3.42. The zero-order valence-electron chi connectivity index (χ0n) is 13.1. The van der Waals surface area contributed by atoms with Crippen LogP contribution in [0.5, 0.6) is 0 Å². The van der Waals surface area contributed by atoms with E-state index in [-0.39, 0.29) is 4.47 Å². The van der Waals surface area contributed by atoms with E-state index in [1.54, 1.807) is 5.32 Å². The molecule has 1 unspecified atom stereocenters. The summed E-state index contributed by atoms with van der Waals surface area (Å²) >= 11 is 2.99. The Kier molecular flexibility index (Phi) is 6.20. The van der Waals surface area contributed by atoms with Gasteiger partial charge in [-0.3, -0.25) is 10.1 Å². The van der Waals surface area contributed by atoms with Gasteiger partial charge in [0.2, 0.25) is 6.54 Å². The zero-order chi connectivity index (χ0) is 18.7. The molecule has 0 radical (unpaired) electrons. The van der Waals surface area contributed by atoms with Crippen LogP contribution in [0.25, 0.3) is 0 Å². The summed E-state index contributed by atoms with van der Waals surface area (Å²) in [6.45, 7) is 3.05. The van der Waals surface area contributed by atoms with E-state index in [9.17, 15) is 28.1 Å². The molecule has 1 rings (SSSR count). The van der Waals surface area contributed by atoms with Gasteiger partial charge in [-0.15, -0.1) is 0 Å². The van der Waals surface area contributed by atoms with Crippen LogP contribution in [0.1, 0.15) is 26.3 Å². The van der Waals surface area contributed by atoms with E-state index in [1.165, 1.54) is 26.8 Å². The number of nitrogens with zero attached hydrogens (tertiary/aromatic N) is 1. The third kappa shape index (κ3) is 5.08. The molecule has 0 saturated carbocycles. The van der Waals surface area contributed by atoms with Gasteiger partial charge in [0.15, 0.2) is 5.54 Å². The minimum absolute atomic E-state index is 0.221. The SMILES string of the molecule is CC(C)(C)OC(=O)NC(C[N+](=O)[O-])(c1cc(Br)ccc1F)C(F)F. The summed E-state index contributed by atoms with van der Waals surface area (Å²) in [5, 5.41) is 12.7. The lowest BCUT2D eigenvalue weighted by atomic mass is 9.89. The number of hydrogen-bond donors (Lipinski definition) is 1. The average Bonchev–Trinajstić information content (AvgIpc) is 2.37. The lowest BCUT2D eigenvalue weighted by Gasteiger charge is -2.32. The Morgan fingerprint density at radius 2 is 2.00 bits per heavy atom. The van der Waals surface area contributed by atoms with Crippen LogP contribution >= 0.6 is 15.9 Å². The molecule has 0 aromatic heterocycles. The molecular weight excluding hydrogens is 397 g/mol. The summed E-state index contributed by atoms with van der Waals surface area (Å²) < 4.78 is 46.7. The van der Waals surface area contributed by atoms with Gasteiger partial charge in [-0.1, -0.05) is 15.9 Å². The van der Waals surface area contributed by atoms with Gasteiger partial charge in [-0.05, 0) is 39.0 Å². The lowest BCUT2D eigenvalue weighted by molar-refractivity contribution is -0.496. The second-order valence-corrected chi connectivity index (χ2v) is 6.93. The minimum atomic E-state index is -3.46. The van der Waals surface area contributed by atoms with Crippen molar-refractivity contribution in [3.05, 3.63) is 44.2 Å². The molecule has 1 N–H and O–H groups in total. The molecule has 1 amide bonds. The van der Waals surface area contributed by atoms with Crippen molar-refractivity contribution < 1.29 is 27.6 Å². The van der Waals surface area contributed by atoms with Crippen molar-refractivity contribution in [2.24, 2.45) is 0 Å². The lowest BCUT2D eigenvalue weighted by Crippen LogP contribution is -2.57. The molecule has 1 aromatic rings. The van der Waals surface area contributed by atoms with Crippen LogP contribution in [0.15, 0.2) is 22.7 Å². The molecule has 1 aromatic carbocycles. The summed E-state index contributed by atoms with van der Waals surface area (Å²) in [5.74, 6) is -1.11. The van der Waals surface area contributed by atoms with E-state index in [2.05, 4.69) is 15.9 Å². The maximum atomic E-state index is 14.1. The molecule has 0 aliphatic heterocycles. The van der Waals surface area contributed by atoms with Crippen LogP contribution in [-0.4, -0.2) is 29.6 Å². The molecule has 10 heteroatoms. The smallest absolute Gasteiger partial charge is 0.408 e. The summed E-state index contributed by atoms with van der Waals surface area (Å²) in [5.41, 5.74) is -4.61. The van der Waals surface area contributed by atoms with Crippen molar-refractivity contribution in [1.29, 1.82) is 0 Å². The van der Waals surface area contributed by atoms with Crippen molar-refractivity contribution in [2.75, 3.05) is 6.54 Å². The molecule has 0 aliphatic rings. The third-order valence-electron chi connectivity index (χ3n) is 2.88. The number of alkyl halides is 2. The van der Waals surface area contributed by atoms with Crippen LogP contribution in [0, 0.1) is 15.9 Å². The van der Waals surface area contributed by atoms with Crippen molar-refractivity contribution in [3.8, 4) is 0 Å². The largest absolute Gasteiger partial charge is 0.444 e. The molecule has 0 saturated heterocycles. The van der Waals surface area contributed by atoms with Crippen molar-refractivity contribution in [2.45, 2.75) is 38.3 Å². The van der Waals surface area contributed by atoms with E-state index in [0.717, 1.165) is 12.1 Å². The van der Waals surface area contributed by atoms with E-state index in [0.29, 0.717) is 0 Å². The minimum Gasteiger partial charge on any atom is -0.444 e.